The minimum Gasteiger partial charge on any atom is -0.508 e. The van der Waals surface area contributed by atoms with E-state index in [9.17, 15) is 9.90 Å². The molecule has 2 amide bonds. The molecule has 0 fully saturated rings. The molecule has 0 aromatic heterocycles. The second-order valence-electron chi connectivity index (χ2n) is 4.64. The van der Waals surface area contributed by atoms with Gasteiger partial charge >= 0.3 is 6.03 Å². The number of hydrogen-bond donors (Lipinski definition) is 3. The maximum absolute atomic E-state index is 11.9. The number of ether oxygens (including phenoxy) is 1. The molecule has 22 heavy (non-hydrogen) atoms. The van der Waals surface area contributed by atoms with E-state index in [-0.39, 0.29) is 11.8 Å². The van der Waals surface area contributed by atoms with Crippen molar-refractivity contribution < 1.29 is 14.6 Å². The van der Waals surface area contributed by atoms with Crippen LogP contribution in [0.5, 0.6) is 11.5 Å². The summed E-state index contributed by atoms with van der Waals surface area (Å²) in [5.41, 5.74) is 1.54. The van der Waals surface area contributed by atoms with Gasteiger partial charge in [-0.25, -0.2) is 4.79 Å². The zero-order valence-corrected chi connectivity index (χ0v) is 12.9. The highest BCUT2D eigenvalue weighted by Crippen LogP contribution is 2.27. The van der Waals surface area contributed by atoms with Crippen molar-refractivity contribution in [3.8, 4) is 11.5 Å². The third-order valence-electron chi connectivity index (χ3n) is 3.05. The van der Waals surface area contributed by atoms with Crippen LogP contribution in [0.3, 0.4) is 0 Å². The molecule has 0 unspecified atom stereocenters. The number of phenolic OH excluding ortho intramolecular Hbond substituents is 1. The van der Waals surface area contributed by atoms with E-state index in [0.29, 0.717) is 29.4 Å². The average Bonchev–Trinajstić information content (AvgIpc) is 2.49. The smallest absolute Gasteiger partial charge is 0.319 e. The summed E-state index contributed by atoms with van der Waals surface area (Å²) in [5.74, 6) is 0.764. The van der Waals surface area contributed by atoms with Crippen molar-refractivity contribution >= 4 is 23.3 Å². The van der Waals surface area contributed by atoms with Gasteiger partial charge in [-0.1, -0.05) is 23.7 Å². The molecule has 0 aliphatic carbocycles. The maximum atomic E-state index is 11.9. The van der Waals surface area contributed by atoms with Crippen molar-refractivity contribution in [2.24, 2.45) is 0 Å². The van der Waals surface area contributed by atoms with Crippen molar-refractivity contribution in [2.75, 3.05) is 19.0 Å². The second-order valence-corrected chi connectivity index (χ2v) is 5.08. The molecule has 2 aromatic rings. The molecule has 2 rings (SSSR count). The maximum Gasteiger partial charge on any atom is 0.319 e. The van der Waals surface area contributed by atoms with Crippen LogP contribution in [-0.4, -0.2) is 24.8 Å². The van der Waals surface area contributed by atoms with E-state index in [1.165, 1.54) is 7.11 Å². The number of benzene rings is 2. The van der Waals surface area contributed by atoms with Gasteiger partial charge in [0.25, 0.3) is 0 Å². The topological polar surface area (TPSA) is 70.6 Å². The van der Waals surface area contributed by atoms with Crippen LogP contribution in [0.15, 0.2) is 42.5 Å². The molecule has 116 valence electrons. The minimum absolute atomic E-state index is 0.225. The first kappa shape index (κ1) is 16.0. The number of nitrogens with one attached hydrogen (secondary N) is 2. The number of carbonyl (C=O) groups is 1. The van der Waals surface area contributed by atoms with Crippen LogP contribution in [-0.2, 0) is 6.42 Å². The first-order valence-electron chi connectivity index (χ1n) is 6.75. The third-order valence-corrected chi connectivity index (χ3v) is 3.28. The number of amides is 2. The monoisotopic (exact) mass is 320 g/mol. The molecule has 0 atom stereocenters. The lowest BCUT2D eigenvalue weighted by Gasteiger charge is -2.11. The fourth-order valence-electron chi connectivity index (χ4n) is 1.93. The highest BCUT2D eigenvalue weighted by Gasteiger charge is 2.07. The number of rotatable bonds is 5. The largest absolute Gasteiger partial charge is 0.508 e. The van der Waals surface area contributed by atoms with Gasteiger partial charge in [0.05, 0.1) is 12.8 Å². The Bertz CT molecular complexity index is 644. The SMILES string of the molecule is COc1ccc(Cl)cc1NC(=O)NCCc1ccc(O)cc1. The Hall–Kier alpha value is -2.40. The van der Waals surface area contributed by atoms with Gasteiger partial charge in [0.1, 0.15) is 11.5 Å². The summed E-state index contributed by atoms with van der Waals surface area (Å²) < 4.78 is 5.16. The molecule has 2 aromatic carbocycles. The van der Waals surface area contributed by atoms with E-state index < -0.39 is 0 Å². The standard InChI is InChI=1S/C16H17ClN2O3/c1-22-15-7-4-12(17)10-14(15)19-16(21)18-9-8-11-2-5-13(20)6-3-11/h2-7,10,20H,8-9H2,1H3,(H2,18,19,21). The molecule has 6 heteroatoms. The van der Waals surface area contributed by atoms with E-state index in [2.05, 4.69) is 10.6 Å². The van der Waals surface area contributed by atoms with Crippen molar-refractivity contribution in [2.45, 2.75) is 6.42 Å². The van der Waals surface area contributed by atoms with Crippen LogP contribution < -0.4 is 15.4 Å². The summed E-state index contributed by atoms with van der Waals surface area (Å²) >= 11 is 5.91. The molecule has 0 saturated heterocycles. The Morgan fingerprint density at radius 3 is 2.64 bits per heavy atom. The second kappa shape index (κ2) is 7.56. The molecule has 0 aliphatic heterocycles. The van der Waals surface area contributed by atoms with E-state index in [1.54, 1.807) is 30.3 Å². The molecule has 0 heterocycles. The molecule has 0 saturated carbocycles. The van der Waals surface area contributed by atoms with E-state index >= 15 is 0 Å². The van der Waals surface area contributed by atoms with Crippen molar-refractivity contribution in [1.29, 1.82) is 0 Å². The van der Waals surface area contributed by atoms with Gasteiger partial charge in [-0.2, -0.15) is 0 Å². The van der Waals surface area contributed by atoms with Crippen LogP contribution in [0.1, 0.15) is 5.56 Å². The Labute approximate surface area is 133 Å². The first-order chi connectivity index (χ1) is 10.6. The van der Waals surface area contributed by atoms with Gasteiger partial charge in [0, 0.05) is 11.6 Å². The summed E-state index contributed by atoms with van der Waals surface area (Å²) in [6.45, 7) is 0.472. The van der Waals surface area contributed by atoms with Crippen molar-refractivity contribution in [3.05, 3.63) is 53.1 Å². The Morgan fingerprint density at radius 1 is 1.23 bits per heavy atom. The Balaban J connectivity index is 1.85. The van der Waals surface area contributed by atoms with E-state index in [1.807, 2.05) is 12.1 Å². The van der Waals surface area contributed by atoms with Gasteiger partial charge in [-0.3, -0.25) is 0 Å². The predicted molar refractivity (Wildman–Crippen MR) is 86.8 cm³/mol. The van der Waals surface area contributed by atoms with Gasteiger partial charge in [0.2, 0.25) is 0 Å². The zero-order chi connectivity index (χ0) is 15.9. The number of urea groups is 1. The summed E-state index contributed by atoms with van der Waals surface area (Å²) in [6, 6.07) is 11.5. The summed E-state index contributed by atoms with van der Waals surface area (Å²) in [6.07, 6.45) is 0.667. The lowest BCUT2D eigenvalue weighted by molar-refractivity contribution is 0.252. The Kier molecular flexibility index (Phi) is 5.49. The number of hydrogen-bond acceptors (Lipinski definition) is 3. The zero-order valence-electron chi connectivity index (χ0n) is 12.1. The molecule has 0 aliphatic rings. The van der Waals surface area contributed by atoms with Crippen LogP contribution >= 0.6 is 11.6 Å². The lowest BCUT2D eigenvalue weighted by Crippen LogP contribution is -2.30. The normalized spacial score (nSPS) is 10.1. The van der Waals surface area contributed by atoms with Crippen LogP contribution in [0.4, 0.5) is 10.5 Å². The molecule has 5 nitrogen and oxygen atoms in total. The predicted octanol–water partition coefficient (Wildman–Crippen LogP) is 3.42. The van der Waals surface area contributed by atoms with Gasteiger partial charge in [-0.05, 0) is 42.3 Å². The summed E-state index contributed by atoms with van der Waals surface area (Å²) in [5, 5.41) is 15.2. The van der Waals surface area contributed by atoms with Crippen LogP contribution in [0.25, 0.3) is 0 Å². The number of halogens is 1. The number of aromatic hydroxyl groups is 1. The van der Waals surface area contributed by atoms with Gasteiger partial charge in [-0.15, -0.1) is 0 Å². The lowest BCUT2D eigenvalue weighted by atomic mass is 10.1. The number of phenols is 1. The van der Waals surface area contributed by atoms with Gasteiger partial charge in [0.15, 0.2) is 0 Å². The highest BCUT2D eigenvalue weighted by molar-refractivity contribution is 6.31. The van der Waals surface area contributed by atoms with Gasteiger partial charge < -0.3 is 20.5 Å². The van der Waals surface area contributed by atoms with E-state index in [0.717, 1.165) is 5.56 Å². The van der Waals surface area contributed by atoms with Crippen molar-refractivity contribution in [3.63, 3.8) is 0 Å². The van der Waals surface area contributed by atoms with E-state index in [4.69, 9.17) is 16.3 Å². The molecule has 3 N–H and O–H groups in total. The molecule has 0 radical (unpaired) electrons. The number of methoxy groups -OCH3 is 1. The average molecular weight is 321 g/mol. The fraction of sp³-hybridized carbons (Fsp3) is 0.188. The molecule has 0 bridgehead atoms. The fourth-order valence-corrected chi connectivity index (χ4v) is 2.10. The third kappa shape index (κ3) is 4.56. The summed E-state index contributed by atoms with van der Waals surface area (Å²) in [4.78, 5) is 11.9. The highest BCUT2D eigenvalue weighted by atomic mass is 35.5. The Morgan fingerprint density at radius 2 is 1.95 bits per heavy atom. The molecular weight excluding hydrogens is 304 g/mol. The number of anilines is 1. The van der Waals surface area contributed by atoms with Crippen molar-refractivity contribution in [1.82, 2.24) is 5.32 Å². The van der Waals surface area contributed by atoms with Crippen LogP contribution in [0.2, 0.25) is 5.02 Å². The molecular formula is C16H17ClN2O3. The summed E-state index contributed by atoms with van der Waals surface area (Å²) in [7, 11) is 1.52. The quantitative estimate of drug-likeness (QED) is 0.790. The first-order valence-corrected chi connectivity index (χ1v) is 7.12. The number of carbonyl (C=O) groups excluding carboxylic acids is 1. The van der Waals surface area contributed by atoms with Crippen LogP contribution in [0, 0.1) is 0 Å². The molecule has 0 spiro atoms. The minimum atomic E-state index is -0.334.